The smallest absolute Gasteiger partial charge is 0.110 e. The molecule has 0 radical (unpaired) electrons. The number of halogens is 1. The van der Waals surface area contributed by atoms with Crippen LogP contribution < -0.4 is 0 Å². The van der Waals surface area contributed by atoms with Gasteiger partial charge in [0.05, 0.1) is 11.1 Å². The lowest BCUT2D eigenvalue weighted by atomic mass is 10.2. The molecule has 0 fully saturated rings. The number of para-hydroxylation sites is 1. The molecule has 0 aliphatic rings. The summed E-state index contributed by atoms with van der Waals surface area (Å²) in [5.41, 5.74) is 2.36. The Morgan fingerprint density at radius 1 is 1.53 bits per heavy atom. The largest absolute Gasteiger partial charge is 0.331 e. The monoisotopic (exact) mass is 219 g/mol. The van der Waals surface area contributed by atoms with Crippen molar-refractivity contribution in [2.24, 2.45) is 7.05 Å². The molecule has 0 spiro atoms. The van der Waals surface area contributed by atoms with Crippen molar-refractivity contribution >= 4 is 22.6 Å². The van der Waals surface area contributed by atoms with Gasteiger partial charge in [0.2, 0.25) is 0 Å². The minimum atomic E-state index is 0.541. The lowest BCUT2D eigenvalue weighted by Gasteiger charge is -1.98. The molecule has 3 nitrogen and oxygen atoms in total. The molecule has 15 heavy (non-hydrogen) atoms. The van der Waals surface area contributed by atoms with Crippen LogP contribution in [0.5, 0.6) is 0 Å². The molecular weight excluding hydrogens is 210 g/mol. The van der Waals surface area contributed by atoms with Gasteiger partial charge in [-0.2, -0.15) is 5.26 Å². The molecule has 1 heterocycles. The van der Waals surface area contributed by atoms with Crippen molar-refractivity contribution in [2.75, 3.05) is 5.88 Å². The average molecular weight is 220 g/mol. The van der Waals surface area contributed by atoms with Crippen molar-refractivity contribution in [3.8, 4) is 6.07 Å². The van der Waals surface area contributed by atoms with Crippen LogP contribution in [0, 0.1) is 11.3 Å². The maximum Gasteiger partial charge on any atom is 0.110 e. The first-order valence-corrected chi connectivity index (χ1v) is 5.21. The standard InChI is InChI=1S/C11H10ClN3/c1-15-9-4-2-3-8(7-13)11(9)14-10(15)5-6-12/h2-4H,5-6H2,1H3. The van der Waals surface area contributed by atoms with Gasteiger partial charge in [-0.25, -0.2) is 4.98 Å². The number of aromatic nitrogens is 2. The molecule has 0 atom stereocenters. The first-order chi connectivity index (χ1) is 7.27. The fourth-order valence-electron chi connectivity index (χ4n) is 1.66. The van der Waals surface area contributed by atoms with Gasteiger partial charge < -0.3 is 4.57 Å². The quantitative estimate of drug-likeness (QED) is 0.727. The molecule has 0 unspecified atom stereocenters. The highest BCUT2D eigenvalue weighted by Gasteiger charge is 2.09. The molecule has 1 aromatic heterocycles. The molecule has 0 amide bonds. The van der Waals surface area contributed by atoms with E-state index < -0.39 is 0 Å². The minimum Gasteiger partial charge on any atom is -0.331 e. The van der Waals surface area contributed by atoms with Gasteiger partial charge in [0, 0.05) is 19.3 Å². The van der Waals surface area contributed by atoms with E-state index in [1.54, 1.807) is 6.07 Å². The SMILES string of the molecule is Cn1c(CCCl)nc2c(C#N)cccc21. The second-order valence-corrected chi connectivity index (χ2v) is 3.69. The Bertz CT molecular complexity index is 536. The summed E-state index contributed by atoms with van der Waals surface area (Å²) >= 11 is 5.69. The van der Waals surface area contributed by atoms with Gasteiger partial charge in [-0.3, -0.25) is 0 Å². The van der Waals surface area contributed by atoms with Crippen LogP contribution in [-0.2, 0) is 13.5 Å². The number of nitrogens with zero attached hydrogens (tertiary/aromatic N) is 3. The van der Waals surface area contributed by atoms with E-state index in [1.807, 2.05) is 23.7 Å². The summed E-state index contributed by atoms with van der Waals surface area (Å²) in [5, 5.41) is 8.94. The molecular formula is C11H10ClN3. The maximum absolute atomic E-state index is 8.94. The summed E-state index contributed by atoms with van der Waals surface area (Å²) in [5.74, 6) is 1.46. The predicted octanol–water partition coefficient (Wildman–Crippen LogP) is 2.23. The number of imidazole rings is 1. The van der Waals surface area contributed by atoms with E-state index in [1.165, 1.54) is 0 Å². The molecule has 0 bridgehead atoms. The fourth-order valence-corrected chi connectivity index (χ4v) is 1.83. The van der Waals surface area contributed by atoms with E-state index in [2.05, 4.69) is 11.1 Å². The Labute approximate surface area is 92.9 Å². The summed E-state index contributed by atoms with van der Waals surface area (Å²) in [6, 6.07) is 7.75. The number of hydrogen-bond acceptors (Lipinski definition) is 2. The van der Waals surface area contributed by atoms with Crippen molar-refractivity contribution in [1.82, 2.24) is 9.55 Å². The summed E-state index contributed by atoms with van der Waals surface area (Å²) in [6.07, 6.45) is 0.720. The van der Waals surface area contributed by atoms with Crippen LogP contribution in [0.1, 0.15) is 11.4 Å². The van der Waals surface area contributed by atoms with Crippen LogP contribution in [0.2, 0.25) is 0 Å². The van der Waals surface area contributed by atoms with Gasteiger partial charge in [-0.1, -0.05) is 6.07 Å². The highest BCUT2D eigenvalue weighted by atomic mass is 35.5. The van der Waals surface area contributed by atoms with E-state index in [0.29, 0.717) is 11.4 Å². The van der Waals surface area contributed by atoms with Crippen molar-refractivity contribution in [2.45, 2.75) is 6.42 Å². The van der Waals surface area contributed by atoms with Crippen LogP contribution in [-0.4, -0.2) is 15.4 Å². The van der Waals surface area contributed by atoms with Gasteiger partial charge in [-0.05, 0) is 12.1 Å². The zero-order valence-electron chi connectivity index (χ0n) is 8.37. The minimum absolute atomic E-state index is 0.541. The van der Waals surface area contributed by atoms with Gasteiger partial charge in [0.15, 0.2) is 0 Å². The number of rotatable bonds is 2. The van der Waals surface area contributed by atoms with Crippen LogP contribution in [0.4, 0.5) is 0 Å². The molecule has 4 heteroatoms. The van der Waals surface area contributed by atoms with Crippen LogP contribution in [0.15, 0.2) is 18.2 Å². The molecule has 0 aliphatic heterocycles. The van der Waals surface area contributed by atoms with Crippen molar-refractivity contribution in [1.29, 1.82) is 5.26 Å². The van der Waals surface area contributed by atoms with Crippen molar-refractivity contribution in [3.05, 3.63) is 29.6 Å². The summed E-state index contributed by atoms with van der Waals surface area (Å²) in [7, 11) is 1.94. The molecule has 2 aromatic rings. The summed E-state index contributed by atoms with van der Waals surface area (Å²) in [6.45, 7) is 0. The van der Waals surface area contributed by atoms with Crippen LogP contribution in [0.3, 0.4) is 0 Å². The van der Waals surface area contributed by atoms with Gasteiger partial charge >= 0.3 is 0 Å². The third-order valence-corrected chi connectivity index (χ3v) is 2.63. The third kappa shape index (κ3) is 1.57. The molecule has 0 saturated heterocycles. The molecule has 76 valence electrons. The van der Waals surface area contributed by atoms with Crippen LogP contribution >= 0.6 is 11.6 Å². The highest BCUT2D eigenvalue weighted by molar-refractivity contribution is 6.17. The lowest BCUT2D eigenvalue weighted by Crippen LogP contribution is -1.98. The average Bonchev–Trinajstić information content (AvgIpc) is 2.57. The van der Waals surface area contributed by atoms with Crippen LogP contribution in [0.25, 0.3) is 11.0 Å². The van der Waals surface area contributed by atoms with E-state index in [4.69, 9.17) is 16.9 Å². The zero-order chi connectivity index (χ0) is 10.8. The van der Waals surface area contributed by atoms with E-state index >= 15 is 0 Å². The summed E-state index contributed by atoms with van der Waals surface area (Å²) in [4.78, 5) is 4.43. The highest BCUT2D eigenvalue weighted by Crippen LogP contribution is 2.18. The van der Waals surface area contributed by atoms with Gasteiger partial charge in [0.25, 0.3) is 0 Å². The van der Waals surface area contributed by atoms with Crippen molar-refractivity contribution in [3.63, 3.8) is 0 Å². The second-order valence-electron chi connectivity index (χ2n) is 3.31. The number of benzene rings is 1. The predicted molar refractivity (Wildman–Crippen MR) is 59.9 cm³/mol. The number of hydrogen-bond donors (Lipinski definition) is 0. The number of alkyl halides is 1. The number of fused-ring (bicyclic) bond motifs is 1. The Morgan fingerprint density at radius 3 is 3.00 bits per heavy atom. The Kier molecular flexibility index (Phi) is 2.61. The Morgan fingerprint density at radius 2 is 2.33 bits per heavy atom. The molecule has 2 rings (SSSR count). The molecule has 1 aromatic carbocycles. The Hall–Kier alpha value is -1.53. The van der Waals surface area contributed by atoms with E-state index in [9.17, 15) is 0 Å². The molecule has 0 aliphatic carbocycles. The first kappa shape index (κ1) is 10.0. The second kappa shape index (κ2) is 3.92. The van der Waals surface area contributed by atoms with E-state index in [0.717, 1.165) is 23.3 Å². The molecule has 0 saturated carbocycles. The zero-order valence-corrected chi connectivity index (χ0v) is 9.12. The third-order valence-electron chi connectivity index (χ3n) is 2.44. The van der Waals surface area contributed by atoms with Crippen molar-refractivity contribution < 1.29 is 0 Å². The topological polar surface area (TPSA) is 41.6 Å². The number of aryl methyl sites for hydroxylation is 2. The van der Waals surface area contributed by atoms with Gasteiger partial charge in [-0.15, -0.1) is 11.6 Å². The Balaban J connectivity index is 2.71. The molecule has 0 N–H and O–H groups in total. The fraction of sp³-hybridized carbons (Fsp3) is 0.273. The lowest BCUT2D eigenvalue weighted by molar-refractivity contribution is 0.831. The summed E-state index contributed by atoms with van der Waals surface area (Å²) < 4.78 is 1.98. The van der Waals surface area contributed by atoms with Gasteiger partial charge in [0.1, 0.15) is 17.4 Å². The maximum atomic E-state index is 8.94. The van der Waals surface area contributed by atoms with E-state index in [-0.39, 0.29) is 0 Å². The first-order valence-electron chi connectivity index (χ1n) is 4.68. The normalized spacial score (nSPS) is 10.5. The number of nitriles is 1.